The molecule has 2 atom stereocenters. The fraction of sp³-hybridized carbons (Fsp3) is 0.455. The lowest BCUT2D eigenvalue weighted by atomic mass is 10.2. The Kier molecular flexibility index (Phi) is 2.06. The van der Waals surface area contributed by atoms with Crippen LogP contribution in [-0.4, -0.2) is 28.9 Å². The highest BCUT2D eigenvalue weighted by Crippen LogP contribution is 2.45. The standard InChI is InChI=1S/C11H11BrN2O/c12-10-2-7(3-13-4-10)11(15)14-5-8-1-9(8)6-14/h2-4,8-9H,1,5-6H2. The zero-order valence-corrected chi connectivity index (χ0v) is 9.77. The number of carbonyl (C=O) groups is 1. The predicted molar refractivity (Wildman–Crippen MR) is 59.4 cm³/mol. The van der Waals surface area contributed by atoms with Crippen LogP contribution in [0.5, 0.6) is 0 Å². The average Bonchev–Trinajstić information content (AvgIpc) is 2.85. The molecule has 0 bridgehead atoms. The monoisotopic (exact) mass is 266 g/mol. The summed E-state index contributed by atoms with van der Waals surface area (Å²) in [5.74, 6) is 1.69. The number of pyridine rings is 1. The maximum Gasteiger partial charge on any atom is 0.255 e. The maximum absolute atomic E-state index is 12.0. The first-order valence-corrected chi connectivity index (χ1v) is 5.93. The molecule has 1 saturated heterocycles. The number of hydrogen-bond acceptors (Lipinski definition) is 2. The van der Waals surface area contributed by atoms with E-state index in [2.05, 4.69) is 20.9 Å². The summed E-state index contributed by atoms with van der Waals surface area (Å²) in [5.41, 5.74) is 0.686. The van der Waals surface area contributed by atoms with E-state index < -0.39 is 0 Å². The molecule has 1 aromatic rings. The van der Waals surface area contributed by atoms with Gasteiger partial charge in [-0.2, -0.15) is 0 Å². The molecule has 3 nitrogen and oxygen atoms in total. The Morgan fingerprint density at radius 1 is 1.40 bits per heavy atom. The minimum Gasteiger partial charge on any atom is -0.338 e. The van der Waals surface area contributed by atoms with Crippen molar-refractivity contribution in [3.05, 3.63) is 28.5 Å². The maximum atomic E-state index is 12.0. The second kappa shape index (κ2) is 3.30. The molecule has 0 aromatic carbocycles. The number of fused-ring (bicyclic) bond motifs is 1. The van der Waals surface area contributed by atoms with E-state index in [0.29, 0.717) is 5.56 Å². The van der Waals surface area contributed by atoms with Crippen LogP contribution >= 0.6 is 15.9 Å². The van der Waals surface area contributed by atoms with Crippen molar-refractivity contribution in [3.63, 3.8) is 0 Å². The summed E-state index contributed by atoms with van der Waals surface area (Å²) in [7, 11) is 0. The van der Waals surface area contributed by atoms with E-state index in [1.807, 2.05) is 11.0 Å². The third kappa shape index (κ3) is 1.67. The average molecular weight is 267 g/mol. The predicted octanol–water partition coefficient (Wildman–Crippen LogP) is 1.94. The molecular formula is C11H11BrN2O. The van der Waals surface area contributed by atoms with Crippen LogP contribution in [0, 0.1) is 11.8 Å². The van der Waals surface area contributed by atoms with Crippen molar-refractivity contribution in [2.75, 3.05) is 13.1 Å². The highest BCUT2D eigenvalue weighted by Gasteiger charge is 2.46. The number of piperidine rings is 1. The van der Waals surface area contributed by atoms with Crippen molar-refractivity contribution >= 4 is 21.8 Å². The molecule has 78 valence electrons. The van der Waals surface area contributed by atoms with Crippen molar-refractivity contribution in [2.24, 2.45) is 11.8 Å². The first-order valence-electron chi connectivity index (χ1n) is 5.14. The van der Waals surface area contributed by atoms with Crippen LogP contribution in [0.4, 0.5) is 0 Å². The Bertz CT molecular complexity index is 411. The summed E-state index contributed by atoms with van der Waals surface area (Å²) in [6, 6.07) is 1.83. The van der Waals surface area contributed by atoms with Gasteiger partial charge in [-0.05, 0) is 40.3 Å². The number of hydrogen-bond donors (Lipinski definition) is 0. The van der Waals surface area contributed by atoms with Crippen molar-refractivity contribution in [1.82, 2.24) is 9.88 Å². The lowest BCUT2D eigenvalue weighted by Crippen LogP contribution is -2.30. The molecule has 1 saturated carbocycles. The number of halogens is 1. The minimum absolute atomic E-state index is 0.121. The molecule has 3 rings (SSSR count). The number of likely N-dealkylation sites (tertiary alicyclic amines) is 1. The summed E-state index contributed by atoms with van der Waals surface area (Å²) in [5, 5.41) is 0. The first-order chi connectivity index (χ1) is 7.24. The topological polar surface area (TPSA) is 33.2 Å². The van der Waals surface area contributed by atoms with Crippen molar-refractivity contribution in [2.45, 2.75) is 6.42 Å². The van der Waals surface area contributed by atoms with Crippen molar-refractivity contribution in [3.8, 4) is 0 Å². The van der Waals surface area contributed by atoms with Crippen LogP contribution in [0.1, 0.15) is 16.8 Å². The quantitative estimate of drug-likeness (QED) is 0.779. The molecule has 4 heteroatoms. The first kappa shape index (κ1) is 9.33. The van der Waals surface area contributed by atoms with Gasteiger partial charge in [-0.15, -0.1) is 0 Å². The van der Waals surface area contributed by atoms with Gasteiger partial charge in [-0.1, -0.05) is 0 Å². The summed E-state index contributed by atoms with van der Waals surface area (Å²) < 4.78 is 0.859. The van der Waals surface area contributed by atoms with E-state index in [4.69, 9.17) is 0 Å². The number of nitrogens with zero attached hydrogens (tertiary/aromatic N) is 2. The Hall–Kier alpha value is -0.900. The third-order valence-electron chi connectivity index (χ3n) is 3.22. The Morgan fingerprint density at radius 3 is 2.80 bits per heavy atom. The van der Waals surface area contributed by atoms with Crippen LogP contribution in [0.25, 0.3) is 0 Å². The van der Waals surface area contributed by atoms with E-state index in [1.165, 1.54) is 6.42 Å². The Labute approximate surface area is 96.6 Å². The summed E-state index contributed by atoms with van der Waals surface area (Å²) in [6.45, 7) is 1.88. The van der Waals surface area contributed by atoms with Crippen LogP contribution in [-0.2, 0) is 0 Å². The van der Waals surface area contributed by atoms with E-state index in [9.17, 15) is 4.79 Å². The van der Waals surface area contributed by atoms with Gasteiger partial charge in [-0.25, -0.2) is 0 Å². The molecule has 1 amide bonds. The molecule has 15 heavy (non-hydrogen) atoms. The van der Waals surface area contributed by atoms with Gasteiger partial charge in [0.05, 0.1) is 5.56 Å². The SMILES string of the molecule is O=C(c1cncc(Br)c1)N1CC2CC2C1. The number of amides is 1. The number of aromatic nitrogens is 1. The summed E-state index contributed by atoms with van der Waals surface area (Å²) in [4.78, 5) is 18.0. The Morgan fingerprint density at radius 2 is 2.13 bits per heavy atom. The number of carbonyl (C=O) groups excluding carboxylic acids is 1. The zero-order chi connectivity index (χ0) is 10.4. The molecule has 2 aliphatic rings. The van der Waals surface area contributed by atoms with Crippen LogP contribution < -0.4 is 0 Å². The van der Waals surface area contributed by atoms with Gasteiger partial charge in [0, 0.05) is 30.0 Å². The lowest BCUT2D eigenvalue weighted by Gasteiger charge is -2.17. The summed E-state index contributed by atoms with van der Waals surface area (Å²) in [6.07, 6.45) is 4.65. The lowest BCUT2D eigenvalue weighted by molar-refractivity contribution is 0.0775. The molecule has 2 fully saturated rings. The van der Waals surface area contributed by atoms with Crippen LogP contribution in [0.15, 0.2) is 22.9 Å². The van der Waals surface area contributed by atoms with Gasteiger partial charge in [0.15, 0.2) is 0 Å². The highest BCUT2D eigenvalue weighted by molar-refractivity contribution is 9.10. The van der Waals surface area contributed by atoms with Crippen LogP contribution in [0.3, 0.4) is 0 Å². The molecular weight excluding hydrogens is 256 g/mol. The third-order valence-corrected chi connectivity index (χ3v) is 3.65. The second-order valence-electron chi connectivity index (χ2n) is 4.36. The molecule has 1 aromatic heterocycles. The fourth-order valence-electron chi connectivity index (χ4n) is 2.28. The number of rotatable bonds is 1. The molecule has 1 aliphatic carbocycles. The summed E-state index contributed by atoms with van der Waals surface area (Å²) >= 11 is 3.33. The van der Waals surface area contributed by atoms with E-state index in [1.54, 1.807) is 12.4 Å². The largest absolute Gasteiger partial charge is 0.338 e. The van der Waals surface area contributed by atoms with Gasteiger partial charge >= 0.3 is 0 Å². The zero-order valence-electron chi connectivity index (χ0n) is 8.19. The molecule has 0 N–H and O–H groups in total. The molecule has 1 aliphatic heterocycles. The second-order valence-corrected chi connectivity index (χ2v) is 5.27. The van der Waals surface area contributed by atoms with Gasteiger partial charge in [0.25, 0.3) is 5.91 Å². The van der Waals surface area contributed by atoms with Gasteiger partial charge in [0.1, 0.15) is 0 Å². The van der Waals surface area contributed by atoms with E-state index in [0.717, 1.165) is 29.4 Å². The molecule has 2 unspecified atom stereocenters. The highest BCUT2D eigenvalue weighted by atomic mass is 79.9. The van der Waals surface area contributed by atoms with E-state index in [-0.39, 0.29) is 5.91 Å². The smallest absolute Gasteiger partial charge is 0.255 e. The van der Waals surface area contributed by atoms with Crippen molar-refractivity contribution < 1.29 is 4.79 Å². The van der Waals surface area contributed by atoms with Gasteiger partial charge in [0.2, 0.25) is 0 Å². The fourth-order valence-corrected chi connectivity index (χ4v) is 2.64. The van der Waals surface area contributed by atoms with Gasteiger partial charge < -0.3 is 4.90 Å². The molecule has 2 heterocycles. The minimum atomic E-state index is 0.121. The van der Waals surface area contributed by atoms with Crippen LogP contribution in [0.2, 0.25) is 0 Å². The normalized spacial score (nSPS) is 27.7. The van der Waals surface area contributed by atoms with E-state index >= 15 is 0 Å². The Balaban J connectivity index is 1.79. The molecule has 0 spiro atoms. The van der Waals surface area contributed by atoms with Gasteiger partial charge in [-0.3, -0.25) is 9.78 Å². The van der Waals surface area contributed by atoms with Crippen molar-refractivity contribution in [1.29, 1.82) is 0 Å². The molecule has 0 radical (unpaired) electrons.